The van der Waals surface area contributed by atoms with Gasteiger partial charge in [0.15, 0.2) is 0 Å². The van der Waals surface area contributed by atoms with Gasteiger partial charge in [0.2, 0.25) is 0 Å². The molecule has 28 heavy (non-hydrogen) atoms. The zero-order chi connectivity index (χ0) is 19.8. The molecule has 0 amide bonds. The highest BCUT2D eigenvalue weighted by molar-refractivity contribution is 8.20. The lowest BCUT2D eigenvalue weighted by Crippen LogP contribution is -2.46. The number of rotatable bonds is 5. The molecule has 2 aromatic rings. The smallest absolute Gasteiger partial charge is 0.146 e. The minimum Gasteiger partial charge on any atom is -0.304 e. The molecule has 0 bridgehead atoms. The van der Waals surface area contributed by atoms with Gasteiger partial charge < -0.3 is 4.90 Å². The van der Waals surface area contributed by atoms with Crippen LogP contribution >= 0.6 is 11.8 Å². The Hall–Kier alpha value is -1.91. The third-order valence-corrected chi connectivity index (χ3v) is 7.13. The number of piperazine rings is 1. The third-order valence-electron chi connectivity index (χ3n) is 5.26. The average Bonchev–Trinajstić information content (AvgIpc) is 2.76. The SMILES string of the molecule is CN1CCN(C(SCCC(C#N)(c2ccccc2)c2ccccc2)=S=O)CC1. The van der Waals surface area contributed by atoms with E-state index in [9.17, 15) is 9.47 Å². The fraction of sp³-hybridized carbons (Fsp3) is 0.364. The Morgan fingerprint density at radius 2 is 1.54 bits per heavy atom. The molecule has 3 rings (SSSR count). The van der Waals surface area contributed by atoms with Crippen LogP contribution in [0.5, 0.6) is 0 Å². The quantitative estimate of drug-likeness (QED) is 0.708. The third kappa shape index (κ3) is 4.73. The number of thioether (sulfide) groups is 1. The molecule has 1 aliphatic rings. The Labute approximate surface area is 175 Å². The molecule has 0 atom stereocenters. The van der Waals surface area contributed by atoms with Crippen molar-refractivity contribution >= 4 is 27.3 Å². The first-order valence-electron chi connectivity index (χ1n) is 9.45. The summed E-state index contributed by atoms with van der Waals surface area (Å²) in [6.45, 7) is 3.71. The van der Waals surface area contributed by atoms with Crippen LogP contribution in [0.4, 0.5) is 0 Å². The fourth-order valence-electron chi connectivity index (χ4n) is 3.53. The van der Waals surface area contributed by atoms with Crippen LogP contribution in [0.15, 0.2) is 60.7 Å². The van der Waals surface area contributed by atoms with Gasteiger partial charge in [-0.3, -0.25) is 4.90 Å². The molecule has 0 unspecified atom stereocenters. The van der Waals surface area contributed by atoms with Crippen LogP contribution in [-0.2, 0) is 16.7 Å². The van der Waals surface area contributed by atoms with Crippen LogP contribution in [-0.4, -0.2) is 57.3 Å². The molecule has 1 fully saturated rings. The minimum atomic E-state index is -0.712. The molecule has 4 nitrogen and oxygen atoms in total. The first-order chi connectivity index (χ1) is 13.7. The van der Waals surface area contributed by atoms with E-state index < -0.39 is 5.41 Å². The van der Waals surface area contributed by atoms with Crippen molar-refractivity contribution in [3.63, 3.8) is 0 Å². The molecule has 0 aromatic heterocycles. The highest BCUT2D eigenvalue weighted by Crippen LogP contribution is 2.36. The van der Waals surface area contributed by atoms with E-state index in [1.807, 2.05) is 60.7 Å². The van der Waals surface area contributed by atoms with Crippen molar-refractivity contribution < 1.29 is 4.21 Å². The van der Waals surface area contributed by atoms with Crippen LogP contribution in [0.2, 0.25) is 0 Å². The van der Waals surface area contributed by atoms with E-state index in [4.69, 9.17) is 0 Å². The number of hydrogen-bond donors (Lipinski definition) is 0. The van der Waals surface area contributed by atoms with Crippen LogP contribution in [0.3, 0.4) is 0 Å². The molecule has 1 aliphatic heterocycles. The number of nitriles is 1. The molecule has 1 saturated heterocycles. The molecule has 0 radical (unpaired) electrons. The Bertz CT molecular complexity index is 813. The molecule has 0 aliphatic carbocycles. The molecule has 0 N–H and O–H groups in total. The first-order valence-corrected chi connectivity index (χ1v) is 11.2. The van der Waals surface area contributed by atoms with Crippen molar-refractivity contribution in [3.8, 4) is 6.07 Å². The van der Waals surface area contributed by atoms with Crippen LogP contribution in [0, 0.1) is 11.3 Å². The van der Waals surface area contributed by atoms with E-state index in [1.54, 1.807) is 11.8 Å². The maximum atomic E-state index is 11.7. The van der Waals surface area contributed by atoms with E-state index in [0.717, 1.165) is 41.6 Å². The van der Waals surface area contributed by atoms with E-state index in [0.29, 0.717) is 23.4 Å². The molecule has 146 valence electrons. The zero-order valence-electron chi connectivity index (χ0n) is 16.1. The summed E-state index contributed by atoms with van der Waals surface area (Å²) in [5.74, 6) is 0.717. The largest absolute Gasteiger partial charge is 0.304 e. The molecular formula is C22H25N3OS2. The van der Waals surface area contributed by atoms with E-state index >= 15 is 0 Å². The van der Waals surface area contributed by atoms with Gasteiger partial charge in [0.1, 0.15) is 21.0 Å². The lowest BCUT2D eigenvalue weighted by Gasteiger charge is -2.32. The Morgan fingerprint density at radius 1 is 1.00 bits per heavy atom. The van der Waals surface area contributed by atoms with E-state index in [2.05, 4.69) is 22.9 Å². The van der Waals surface area contributed by atoms with Gasteiger partial charge in [-0.15, -0.1) is 11.8 Å². The predicted molar refractivity (Wildman–Crippen MR) is 119 cm³/mol. The molecular weight excluding hydrogens is 386 g/mol. The molecule has 1 heterocycles. The second kappa shape index (κ2) is 10.0. The van der Waals surface area contributed by atoms with Gasteiger partial charge in [0, 0.05) is 31.9 Å². The Balaban J connectivity index is 1.77. The number of benzene rings is 2. The van der Waals surface area contributed by atoms with E-state index in [-0.39, 0.29) is 0 Å². The van der Waals surface area contributed by atoms with Gasteiger partial charge in [0.05, 0.1) is 6.07 Å². The molecule has 0 spiro atoms. The number of hydrogen-bond acceptors (Lipinski definition) is 4. The summed E-state index contributed by atoms with van der Waals surface area (Å²) in [6.07, 6.45) is 0.653. The summed E-state index contributed by atoms with van der Waals surface area (Å²) in [5.41, 5.74) is 1.29. The average molecular weight is 412 g/mol. The highest BCUT2D eigenvalue weighted by atomic mass is 32.2. The predicted octanol–water partition coefficient (Wildman–Crippen LogP) is 3.17. The van der Waals surface area contributed by atoms with Crippen LogP contribution in [0.25, 0.3) is 0 Å². The summed E-state index contributed by atoms with van der Waals surface area (Å²) in [4.78, 5) is 4.46. The summed E-state index contributed by atoms with van der Waals surface area (Å²) >= 11 is 2.17. The lowest BCUT2D eigenvalue weighted by molar-refractivity contribution is 0.220. The zero-order valence-corrected chi connectivity index (χ0v) is 17.7. The van der Waals surface area contributed by atoms with Gasteiger partial charge in [-0.2, -0.15) is 5.26 Å². The normalized spacial score (nSPS) is 15.7. The van der Waals surface area contributed by atoms with Crippen molar-refractivity contribution in [1.29, 1.82) is 5.26 Å². The second-order valence-electron chi connectivity index (χ2n) is 6.99. The Morgan fingerprint density at radius 3 is 2.00 bits per heavy atom. The van der Waals surface area contributed by atoms with Gasteiger partial charge in [0.25, 0.3) is 0 Å². The lowest BCUT2D eigenvalue weighted by atomic mass is 9.74. The van der Waals surface area contributed by atoms with Crippen molar-refractivity contribution in [2.24, 2.45) is 0 Å². The van der Waals surface area contributed by atoms with Crippen LogP contribution < -0.4 is 0 Å². The number of nitrogens with zero attached hydrogens (tertiary/aromatic N) is 3. The van der Waals surface area contributed by atoms with Gasteiger partial charge in [-0.1, -0.05) is 60.7 Å². The standard InChI is InChI=1S/C22H25N3OS2/c1-24-13-15-25(16-14-24)21(28-26)27-17-12-22(18-23,19-8-4-2-5-9-19)20-10-6-3-7-11-20/h2-11H,12-17H2,1H3. The summed E-state index contributed by atoms with van der Waals surface area (Å²) in [6, 6.07) is 22.5. The van der Waals surface area contributed by atoms with Crippen molar-refractivity contribution in [3.05, 3.63) is 71.8 Å². The highest BCUT2D eigenvalue weighted by Gasteiger charge is 2.34. The van der Waals surface area contributed by atoms with E-state index in [1.165, 1.54) is 0 Å². The maximum absolute atomic E-state index is 11.7. The molecule has 0 saturated carbocycles. The molecule has 2 aromatic carbocycles. The topological polar surface area (TPSA) is 47.3 Å². The van der Waals surface area contributed by atoms with Crippen molar-refractivity contribution in [2.75, 3.05) is 39.0 Å². The summed E-state index contributed by atoms with van der Waals surface area (Å²) in [7, 11) is 2.11. The van der Waals surface area contributed by atoms with Crippen molar-refractivity contribution in [1.82, 2.24) is 9.80 Å². The number of likely N-dealkylation sites (N-methyl/N-ethyl adjacent to an activating group) is 1. The fourth-order valence-corrected chi connectivity index (χ4v) is 5.21. The van der Waals surface area contributed by atoms with Gasteiger partial charge >= 0.3 is 0 Å². The maximum Gasteiger partial charge on any atom is 0.146 e. The van der Waals surface area contributed by atoms with Crippen LogP contribution in [0.1, 0.15) is 17.5 Å². The monoisotopic (exact) mass is 411 g/mol. The Kier molecular flexibility index (Phi) is 7.46. The molecule has 6 heteroatoms. The minimum absolute atomic E-state index is 0.582. The van der Waals surface area contributed by atoms with Crippen molar-refractivity contribution in [2.45, 2.75) is 11.8 Å². The van der Waals surface area contributed by atoms with Gasteiger partial charge in [-0.05, 0) is 24.6 Å². The second-order valence-corrected chi connectivity index (χ2v) is 8.88. The summed E-state index contributed by atoms with van der Waals surface area (Å²) < 4.78 is 12.5. The van der Waals surface area contributed by atoms with Gasteiger partial charge in [-0.25, -0.2) is 4.21 Å². The first kappa shape index (κ1) is 20.8. The summed E-state index contributed by atoms with van der Waals surface area (Å²) in [5, 5.41) is 10.2.